The molecule has 0 aromatic heterocycles. The highest BCUT2D eigenvalue weighted by atomic mass is 32.2. The Balaban J connectivity index is 2.12. The largest absolute Gasteiger partial charge is 0.333 e. The molecule has 1 spiro atoms. The Labute approximate surface area is 91.9 Å². The van der Waals surface area contributed by atoms with Gasteiger partial charge in [0.2, 0.25) is 0 Å². The summed E-state index contributed by atoms with van der Waals surface area (Å²) in [6.45, 7) is 8.89. The van der Waals surface area contributed by atoms with Crippen LogP contribution in [0.25, 0.3) is 0 Å². The summed E-state index contributed by atoms with van der Waals surface area (Å²) in [5.41, 5.74) is 1.76. The fourth-order valence-electron chi connectivity index (χ4n) is 3.08. The van der Waals surface area contributed by atoms with Crippen molar-refractivity contribution in [3.8, 4) is 0 Å². The summed E-state index contributed by atoms with van der Waals surface area (Å²) < 4.78 is 3.38. The molecule has 1 saturated heterocycles. The molecule has 1 N–H and O–H groups in total. The number of allylic oxidation sites excluding steroid dienone is 1. The van der Waals surface area contributed by atoms with Gasteiger partial charge in [-0.25, -0.2) is 0 Å². The van der Waals surface area contributed by atoms with Crippen molar-refractivity contribution < 1.29 is 0 Å². The van der Waals surface area contributed by atoms with E-state index in [-0.39, 0.29) is 0 Å². The molecule has 14 heavy (non-hydrogen) atoms. The predicted octanol–water partition coefficient (Wildman–Crippen LogP) is 3.58. The third-order valence-corrected chi connectivity index (χ3v) is 4.89. The Morgan fingerprint density at radius 1 is 1.64 bits per heavy atom. The van der Waals surface area contributed by atoms with Crippen molar-refractivity contribution in [2.24, 2.45) is 17.3 Å². The smallest absolute Gasteiger partial charge is 0.0246 e. The van der Waals surface area contributed by atoms with Gasteiger partial charge in [0.05, 0.1) is 0 Å². The van der Waals surface area contributed by atoms with Crippen LogP contribution in [-0.2, 0) is 0 Å². The van der Waals surface area contributed by atoms with Gasteiger partial charge >= 0.3 is 0 Å². The van der Waals surface area contributed by atoms with Crippen LogP contribution < -0.4 is 4.72 Å². The Morgan fingerprint density at radius 2 is 2.43 bits per heavy atom. The van der Waals surface area contributed by atoms with Crippen molar-refractivity contribution in [2.45, 2.75) is 39.5 Å². The molecule has 2 rings (SSSR count). The monoisotopic (exact) mass is 211 g/mol. The van der Waals surface area contributed by atoms with Crippen LogP contribution in [0.3, 0.4) is 0 Å². The lowest BCUT2D eigenvalue weighted by molar-refractivity contribution is 0.253. The minimum atomic E-state index is 0.453. The van der Waals surface area contributed by atoms with Crippen LogP contribution in [-0.4, -0.2) is 5.75 Å². The second-order valence-corrected chi connectivity index (χ2v) is 6.03. The molecule has 1 heterocycles. The summed E-state index contributed by atoms with van der Waals surface area (Å²) in [6, 6.07) is 0. The van der Waals surface area contributed by atoms with Crippen molar-refractivity contribution in [2.75, 3.05) is 5.75 Å². The summed E-state index contributed by atoms with van der Waals surface area (Å²) in [5.74, 6) is 2.97. The van der Waals surface area contributed by atoms with Crippen LogP contribution in [0.5, 0.6) is 0 Å². The second kappa shape index (κ2) is 3.80. The van der Waals surface area contributed by atoms with Gasteiger partial charge in [-0.3, -0.25) is 0 Å². The molecule has 2 atom stereocenters. The summed E-state index contributed by atoms with van der Waals surface area (Å²) in [5, 5.41) is 0. The van der Waals surface area contributed by atoms with E-state index in [1.165, 1.54) is 37.1 Å². The Morgan fingerprint density at radius 3 is 3.00 bits per heavy atom. The third-order valence-electron chi connectivity index (χ3n) is 3.84. The zero-order chi connectivity index (χ0) is 10.2. The standard InChI is InChI=1S/C12H21NS/c1-9(2)7-11-5-4-6-12(11)8-14-13-10(12)3/h9,11,13H,3-8H2,1-2H3. The van der Waals surface area contributed by atoms with Crippen LogP contribution in [0.15, 0.2) is 12.3 Å². The van der Waals surface area contributed by atoms with E-state index in [0.29, 0.717) is 5.41 Å². The first kappa shape index (κ1) is 10.4. The van der Waals surface area contributed by atoms with E-state index >= 15 is 0 Å². The van der Waals surface area contributed by atoms with Crippen LogP contribution in [0.1, 0.15) is 39.5 Å². The Kier molecular flexibility index (Phi) is 2.83. The van der Waals surface area contributed by atoms with Crippen LogP contribution >= 0.6 is 11.9 Å². The average molecular weight is 211 g/mol. The van der Waals surface area contributed by atoms with Gasteiger partial charge in [-0.1, -0.05) is 38.8 Å². The molecule has 80 valence electrons. The zero-order valence-corrected chi connectivity index (χ0v) is 10.1. The average Bonchev–Trinajstić information content (AvgIpc) is 2.63. The van der Waals surface area contributed by atoms with Gasteiger partial charge in [0.1, 0.15) is 0 Å². The van der Waals surface area contributed by atoms with Gasteiger partial charge in [0, 0.05) is 16.9 Å². The molecule has 1 saturated carbocycles. The van der Waals surface area contributed by atoms with Crippen molar-refractivity contribution in [3.63, 3.8) is 0 Å². The molecule has 1 nitrogen and oxygen atoms in total. The summed E-state index contributed by atoms with van der Waals surface area (Å²) in [7, 11) is 0. The van der Waals surface area contributed by atoms with Gasteiger partial charge in [0.15, 0.2) is 0 Å². The minimum absolute atomic E-state index is 0.453. The normalized spacial score (nSPS) is 37.1. The van der Waals surface area contributed by atoms with E-state index in [1.54, 1.807) is 0 Å². The van der Waals surface area contributed by atoms with Crippen molar-refractivity contribution in [1.29, 1.82) is 0 Å². The third kappa shape index (κ3) is 1.58. The van der Waals surface area contributed by atoms with E-state index in [0.717, 1.165) is 11.8 Å². The van der Waals surface area contributed by atoms with Gasteiger partial charge in [-0.2, -0.15) is 0 Å². The maximum atomic E-state index is 4.22. The fourth-order valence-corrected chi connectivity index (χ4v) is 4.35. The number of rotatable bonds is 2. The first-order chi connectivity index (χ1) is 6.65. The van der Waals surface area contributed by atoms with Crippen molar-refractivity contribution in [3.05, 3.63) is 12.3 Å². The van der Waals surface area contributed by atoms with E-state index in [9.17, 15) is 0 Å². The first-order valence-electron chi connectivity index (χ1n) is 5.72. The molecule has 0 aromatic carbocycles. The van der Waals surface area contributed by atoms with Crippen molar-refractivity contribution in [1.82, 2.24) is 4.72 Å². The fraction of sp³-hybridized carbons (Fsp3) is 0.833. The SMILES string of the molecule is C=C1NSCC12CCCC2CC(C)C. The van der Waals surface area contributed by atoms with Crippen LogP contribution in [0.4, 0.5) is 0 Å². The lowest BCUT2D eigenvalue weighted by atomic mass is 9.74. The van der Waals surface area contributed by atoms with Gasteiger partial charge in [-0.15, -0.1) is 0 Å². The zero-order valence-electron chi connectivity index (χ0n) is 9.31. The highest BCUT2D eigenvalue weighted by Crippen LogP contribution is 2.54. The highest BCUT2D eigenvalue weighted by molar-refractivity contribution is 7.97. The molecule has 0 amide bonds. The molecule has 0 bridgehead atoms. The molecule has 1 aliphatic carbocycles. The van der Waals surface area contributed by atoms with Gasteiger partial charge in [-0.05, 0) is 31.1 Å². The van der Waals surface area contributed by atoms with Crippen LogP contribution in [0.2, 0.25) is 0 Å². The van der Waals surface area contributed by atoms with E-state index < -0.39 is 0 Å². The molecule has 2 fully saturated rings. The van der Waals surface area contributed by atoms with E-state index in [2.05, 4.69) is 25.1 Å². The lowest BCUT2D eigenvalue weighted by Gasteiger charge is -2.31. The molecule has 2 unspecified atom stereocenters. The summed E-state index contributed by atoms with van der Waals surface area (Å²) >= 11 is 1.86. The summed E-state index contributed by atoms with van der Waals surface area (Å²) in [6.07, 6.45) is 5.56. The topological polar surface area (TPSA) is 12.0 Å². The first-order valence-corrected chi connectivity index (χ1v) is 6.71. The summed E-state index contributed by atoms with van der Waals surface area (Å²) in [4.78, 5) is 0. The van der Waals surface area contributed by atoms with Crippen molar-refractivity contribution >= 4 is 11.9 Å². The molecule has 0 radical (unpaired) electrons. The predicted molar refractivity (Wildman–Crippen MR) is 64.0 cm³/mol. The number of hydrogen-bond donors (Lipinski definition) is 1. The van der Waals surface area contributed by atoms with E-state index in [1.807, 2.05) is 11.9 Å². The van der Waals surface area contributed by atoms with E-state index in [4.69, 9.17) is 0 Å². The number of hydrogen-bond acceptors (Lipinski definition) is 2. The molecule has 2 heteroatoms. The van der Waals surface area contributed by atoms with Gasteiger partial charge < -0.3 is 4.72 Å². The minimum Gasteiger partial charge on any atom is -0.333 e. The molecular weight excluding hydrogens is 190 g/mol. The number of nitrogens with one attached hydrogen (secondary N) is 1. The molecule has 0 aromatic rings. The second-order valence-electron chi connectivity index (χ2n) is 5.24. The Hall–Kier alpha value is -0.110. The maximum absolute atomic E-state index is 4.22. The quantitative estimate of drug-likeness (QED) is 0.701. The lowest BCUT2D eigenvalue weighted by Crippen LogP contribution is -2.29. The Bertz CT molecular complexity index is 232. The molecular formula is C12H21NS. The van der Waals surface area contributed by atoms with Crippen LogP contribution in [0, 0.1) is 17.3 Å². The van der Waals surface area contributed by atoms with Gasteiger partial charge in [0.25, 0.3) is 0 Å². The maximum Gasteiger partial charge on any atom is 0.0246 e. The molecule has 1 aliphatic heterocycles. The highest BCUT2D eigenvalue weighted by Gasteiger charge is 2.47. The molecule has 2 aliphatic rings.